The van der Waals surface area contributed by atoms with Gasteiger partial charge in [0, 0.05) is 5.69 Å². The number of carbonyl (C=O) groups is 2. The Morgan fingerprint density at radius 3 is 2.12 bits per heavy atom. The molecule has 0 unspecified atom stereocenters. The summed E-state index contributed by atoms with van der Waals surface area (Å²) < 4.78 is 39.1. The van der Waals surface area contributed by atoms with E-state index in [4.69, 9.17) is 9.47 Å². The van der Waals surface area contributed by atoms with Gasteiger partial charge in [-0.1, -0.05) is 18.9 Å². The molecule has 2 amide bonds. The zero-order valence-electron chi connectivity index (χ0n) is 18.0. The fourth-order valence-corrected chi connectivity index (χ4v) is 5.75. The van der Waals surface area contributed by atoms with Gasteiger partial charge in [-0.25, -0.2) is 8.42 Å². The molecule has 1 heterocycles. The second kappa shape index (κ2) is 8.82. The van der Waals surface area contributed by atoms with E-state index in [0.717, 1.165) is 25.7 Å². The Labute approximate surface area is 187 Å². The summed E-state index contributed by atoms with van der Waals surface area (Å²) in [6, 6.07) is 11.1. The lowest BCUT2D eigenvalue weighted by Crippen LogP contribution is -2.30. The first-order valence-corrected chi connectivity index (χ1v) is 12.0. The van der Waals surface area contributed by atoms with Crippen molar-refractivity contribution in [2.75, 3.05) is 18.9 Å². The number of methoxy groups -OCH3 is 2. The molecule has 2 atom stereocenters. The highest BCUT2D eigenvalue weighted by molar-refractivity contribution is 7.92. The summed E-state index contributed by atoms with van der Waals surface area (Å²) in [5, 5.41) is 0. The Hall–Kier alpha value is -3.07. The lowest BCUT2D eigenvalue weighted by Gasteiger charge is -2.19. The molecule has 1 N–H and O–H groups in total. The molecule has 0 aromatic heterocycles. The van der Waals surface area contributed by atoms with Crippen molar-refractivity contribution >= 4 is 27.5 Å². The molecule has 0 bridgehead atoms. The molecule has 4 rings (SSSR count). The van der Waals surface area contributed by atoms with Gasteiger partial charge in [-0.2, -0.15) is 0 Å². The van der Waals surface area contributed by atoms with Gasteiger partial charge in [-0.05, 0) is 54.8 Å². The maximum absolute atomic E-state index is 13.1. The average Bonchev–Trinajstić information content (AvgIpc) is 3.04. The molecule has 2 aliphatic rings. The van der Waals surface area contributed by atoms with Crippen LogP contribution in [0.5, 0.6) is 11.5 Å². The molecular weight excluding hydrogens is 432 g/mol. The van der Waals surface area contributed by atoms with Gasteiger partial charge in [0.05, 0.1) is 32.6 Å². The predicted molar refractivity (Wildman–Crippen MR) is 118 cm³/mol. The van der Waals surface area contributed by atoms with E-state index in [2.05, 4.69) is 4.72 Å². The van der Waals surface area contributed by atoms with Gasteiger partial charge in [0.2, 0.25) is 11.8 Å². The van der Waals surface area contributed by atoms with Crippen molar-refractivity contribution in [2.24, 2.45) is 11.8 Å². The fraction of sp³-hybridized carbons (Fsp3) is 0.391. The number of benzene rings is 2. The van der Waals surface area contributed by atoms with Crippen molar-refractivity contribution in [1.82, 2.24) is 4.90 Å². The molecule has 1 saturated heterocycles. The molecular formula is C23H26N2O6S. The van der Waals surface area contributed by atoms with E-state index in [0.29, 0.717) is 17.0 Å². The van der Waals surface area contributed by atoms with Crippen molar-refractivity contribution in [3.8, 4) is 11.5 Å². The number of nitrogens with zero attached hydrogens (tertiary/aromatic N) is 1. The van der Waals surface area contributed by atoms with E-state index in [1.165, 1.54) is 31.3 Å². The van der Waals surface area contributed by atoms with Crippen molar-refractivity contribution in [1.29, 1.82) is 0 Å². The lowest BCUT2D eigenvalue weighted by atomic mass is 9.81. The van der Waals surface area contributed by atoms with Gasteiger partial charge in [0.1, 0.15) is 16.4 Å². The van der Waals surface area contributed by atoms with Crippen LogP contribution in [0.25, 0.3) is 0 Å². The summed E-state index contributed by atoms with van der Waals surface area (Å²) in [4.78, 5) is 26.8. The number of hydrogen-bond donors (Lipinski definition) is 1. The van der Waals surface area contributed by atoms with Gasteiger partial charge >= 0.3 is 0 Å². The quantitative estimate of drug-likeness (QED) is 0.640. The first-order valence-electron chi connectivity index (χ1n) is 10.5. The minimum Gasteiger partial charge on any atom is -0.497 e. The second-order valence-electron chi connectivity index (χ2n) is 8.08. The number of imide groups is 1. The molecule has 0 radical (unpaired) electrons. The highest BCUT2D eigenvalue weighted by atomic mass is 32.2. The number of carbonyl (C=O) groups excluding carboxylic acids is 2. The second-order valence-corrected chi connectivity index (χ2v) is 9.73. The lowest BCUT2D eigenvalue weighted by molar-refractivity contribution is -0.140. The van der Waals surface area contributed by atoms with Crippen molar-refractivity contribution < 1.29 is 27.5 Å². The largest absolute Gasteiger partial charge is 0.497 e. The standard InChI is InChI=1S/C23H26N2O6S/c1-30-17-10-8-16(9-11-17)24-32(28,29)21-13-15(7-12-20(21)31-2)14-25-22(26)18-5-3-4-6-19(18)23(25)27/h7-13,18-19,24H,3-6,14H2,1-2H3/t18-,19-/m1/s1. The third-order valence-electron chi connectivity index (χ3n) is 6.13. The molecule has 2 aromatic carbocycles. The van der Waals surface area contributed by atoms with E-state index in [9.17, 15) is 18.0 Å². The van der Waals surface area contributed by atoms with Crippen LogP contribution >= 0.6 is 0 Å². The van der Waals surface area contributed by atoms with Crippen LogP contribution in [0.15, 0.2) is 47.4 Å². The molecule has 0 spiro atoms. The van der Waals surface area contributed by atoms with Gasteiger partial charge in [0.15, 0.2) is 0 Å². The summed E-state index contributed by atoms with van der Waals surface area (Å²) in [6.07, 6.45) is 3.38. The topological polar surface area (TPSA) is 102 Å². The number of anilines is 1. The number of nitrogens with one attached hydrogen (secondary N) is 1. The highest BCUT2D eigenvalue weighted by Crippen LogP contribution is 2.39. The van der Waals surface area contributed by atoms with E-state index in [-0.39, 0.29) is 40.8 Å². The Balaban J connectivity index is 1.59. The van der Waals surface area contributed by atoms with Crippen LogP contribution in [-0.2, 0) is 26.2 Å². The van der Waals surface area contributed by atoms with E-state index < -0.39 is 10.0 Å². The summed E-state index contributed by atoms with van der Waals surface area (Å²) in [5.74, 6) is -0.0213. The zero-order valence-corrected chi connectivity index (χ0v) is 18.9. The molecule has 2 aromatic rings. The number of amides is 2. The summed E-state index contributed by atoms with van der Waals surface area (Å²) in [7, 11) is -1.07. The van der Waals surface area contributed by atoms with Crippen LogP contribution in [0.2, 0.25) is 0 Å². The summed E-state index contributed by atoms with van der Waals surface area (Å²) in [5.41, 5.74) is 0.911. The van der Waals surface area contributed by atoms with Crippen LogP contribution in [0, 0.1) is 11.8 Å². The number of likely N-dealkylation sites (tertiary alicyclic amines) is 1. The molecule has 1 aliphatic carbocycles. The van der Waals surface area contributed by atoms with Crippen molar-refractivity contribution in [3.63, 3.8) is 0 Å². The van der Waals surface area contributed by atoms with Crippen LogP contribution < -0.4 is 14.2 Å². The minimum atomic E-state index is -3.98. The summed E-state index contributed by atoms with van der Waals surface area (Å²) >= 11 is 0. The van der Waals surface area contributed by atoms with Crippen molar-refractivity contribution in [2.45, 2.75) is 37.1 Å². The molecule has 9 heteroatoms. The van der Waals surface area contributed by atoms with Crippen LogP contribution in [0.3, 0.4) is 0 Å². The maximum atomic E-state index is 13.1. The van der Waals surface area contributed by atoms with Gasteiger partial charge in [-0.15, -0.1) is 0 Å². The number of ether oxygens (including phenoxy) is 2. The normalized spacial score (nSPS) is 20.8. The zero-order chi connectivity index (χ0) is 22.9. The molecule has 2 fully saturated rings. The smallest absolute Gasteiger partial charge is 0.265 e. The van der Waals surface area contributed by atoms with Gasteiger partial charge in [0.25, 0.3) is 10.0 Å². The van der Waals surface area contributed by atoms with Crippen LogP contribution in [0.4, 0.5) is 5.69 Å². The average molecular weight is 459 g/mol. The van der Waals surface area contributed by atoms with E-state index >= 15 is 0 Å². The van der Waals surface area contributed by atoms with Gasteiger partial charge < -0.3 is 9.47 Å². The minimum absolute atomic E-state index is 0.0414. The van der Waals surface area contributed by atoms with Gasteiger partial charge in [-0.3, -0.25) is 19.2 Å². The molecule has 1 aliphatic heterocycles. The molecule has 1 saturated carbocycles. The first-order chi connectivity index (χ1) is 15.3. The third-order valence-corrected chi connectivity index (χ3v) is 7.54. The predicted octanol–water partition coefficient (Wildman–Crippen LogP) is 3.18. The highest BCUT2D eigenvalue weighted by Gasteiger charge is 2.47. The molecule has 32 heavy (non-hydrogen) atoms. The molecule has 170 valence electrons. The Morgan fingerprint density at radius 2 is 1.56 bits per heavy atom. The van der Waals surface area contributed by atoms with E-state index in [1.807, 2.05) is 0 Å². The number of sulfonamides is 1. The Morgan fingerprint density at radius 1 is 0.938 bits per heavy atom. The van der Waals surface area contributed by atoms with Crippen LogP contribution in [-0.4, -0.2) is 39.4 Å². The first kappa shape index (κ1) is 22.1. The Bertz CT molecular complexity index is 1110. The number of rotatable bonds is 7. The number of hydrogen-bond acceptors (Lipinski definition) is 6. The number of fused-ring (bicyclic) bond motifs is 1. The summed E-state index contributed by atoms with van der Waals surface area (Å²) in [6.45, 7) is 0.0414. The Kier molecular flexibility index (Phi) is 6.10. The maximum Gasteiger partial charge on any atom is 0.265 e. The van der Waals surface area contributed by atoms with E-state index in [1.54, 1.807) is 30.3 Å². The SMILES string of the molecule is COc1ccc(NS(=O)(=O)c2cc(CN3C(=O)[C@@H]4CCCC[C@H]4C3=O)ccc2OC)cc1. The fourth-order valence-electron chi connectivity index (χ4n) is 4.47. The monoisotopic (exact) mass is 458 g/mol. The third kappa shape index (κ3) is 4.17. The van der Waals surface area contributed by atoms with Crippen molar-refractivity contribution in [3.05, 3.63) is 48.0 Å². The van der Waals surface area contributed by atoms with Crippen LogP contribution in [0.1, 0.15) is 31.2 Å². The molecule has 8 nitrogen and oxygen atoms in total.